The van der Waals surface area contributed by atoms with Gasteiger partial charge in [-0.1, -0.05) is 6.07 Å². The number of hydrogen-bond donors (Lipinski definition) is 4. The Morgan fingerprint density at radius 3 is 2.79 bits per heavy atom. The number of methoxy groups -OCH3 is 1. The molecular formula is C26H33N5O8. The zero-order valence-electron chi connectivity index (χ0n) is 22.1. The molecule has 13 heteroatoms. The number of nitrogens with zero attached hydrogens (tertiary/aromatic N) is 2. The molecule has 1 fully saturated rings. The van der Waals surface area contributed by atoms with Crippen molar-refractivity contribution in [3.63, 3.8) is 0 Å². The van der Waals surface area contributed by atoms with Gasteiger partial charge >= 0.3 is 12.0 Å². The number of urea groups is 1. The number of rotatable bonds is 11. The lowest BCUT2D eigenvalue weighted by molar-refractivity contribution is -0.136. The predicted molar refractivity (Wildman–Crippen MR) is 141 cm³/mol. The number of carbonyl (C=O) groups is 2. The van der Waals surface area contributed by atoms with E-state index in [9.17, 15) is 14.7 Å². The highest BCUT2D eigenvalue weighted by molar-refractivity contribution is 5.95. The number of hydrogen-bond acceptors (Lipinski definition) is 11. The van der Waals surface area contributed by atoms with E-state index in [4.69, 9.17) is 23.4 Å². The van der Waals surface area contributed by atoms with Crippen LogP contribution >= 0.6 is 0 Å². The molecule has 3 heterocycles. The van der Waals surface area contributed by atoms with E-state index in [-0.39, 0.29) is 12.2 Å². The Kier molecular flexibility index (Phi) is 9.28. The van der Waals surface area contributed by atoms with E-state index in [2.05, 4.69) is 26.1 Å². The summed E-state index contributed by atoms with van der Waals surface area (Å²) >= 11 is 0. The van der Waals surface area contributed by atoms with Gasteiger partial charge in [0.25, 0.3) is 0 Å². The van der Waals surface area contributed by atoms with Gasteiger partial charge in [0, 0.05) is 24.9 Å². The molecule has 0 bridgehead atoms. The van der Waals surface area contributed by atoms with Crippen LogP contribution in [0.4, 0.5) is 10.7 Å². The van der Waals surface area contributed by atoms with Gasteiger partial charge in [0.15, 0.2) is 23.6 Å². The summed E-state index contributed by atoms with van der Waals surface area (Å²) in [5.74, 6) is 1.46. The highest BCUT2D eigenvalue weighted by atomic mass is 16.5. The highest BCUT2D eigenvalue weighted by Crippen LogP contribution is 2.35. The number of anilines is 1. The first-order valence-corrected chi connectivity index (χ1v) is 12.5. The Labute approximate surface area is 225 Å². The molecule has 2 amide bonds. The van der Waals surface area contributed by atoms with Gasteiger partial charge in [0.05, 0.1) is 44.8 Å². The summed E-state index contributed by atoms with van der Waals surface area (Å²) in [4.78, 5) is 26.6. The lowest BCUT2D eigenvalue weighted by Gasteiger charge is -2.28. The van der Waals surface area contributed by atoms with Gasteiger partial charge in [-0.3, -0.25) is 5.43 Å². The maximum absolute atomic E-state index is 12.4. The summed E-state index contributed by atoms with van der Waals surface area (Å²) in [6.45, 7) is 6.50. The number of benzene rings is 1. The van der Waals surface area contributed by atoms with Crippen molar-refractivity contribution in [1.82, 2.24) is 16.1 Å². The van der Waals surface area contributed by atoms with Gasteiger partial charge in [-0.15, -0.1) is 0 Å². The van der Waals surface area contributed by atoms with Gasteiger partial charge in [0.2, 0.25) is 0 Å². The van der Waals surface area contributed by atoms with Crippen molar-refractivity contribution in [2.45, 2.75) is 26.1 Å². The molecular weight excluding hydrogens is 510 g/mol. The van der Waals surface area contributed by atoms with Crippen LogP contribution in [-0.4, -0.2) is 76.2 Å². The predicted octanol–water partition coefficient (Wildman–Crippen LogP) is 1.64. The van der Waals surface area contributed by atoms with E-state index >= 15 is 0 Å². The summed E-state index contributed by atoms with van der Waals surface area (Å²) in [5, 5.41) is 19.7. The average molecular weight is 544 g/mol. The second-order valence-corrected chi connectivity index (χ2v) is 8.69. The summed E-state index contributed by atoms with van der Waals surface area (Å²) < 4.78 is 27.5. The first-order chi connectivity index (χ1) is 18.9. The zero-order valence-corrected chi connectivity index (χ0v) is 22.1. The minimum atomic E-state index is -1.12. The van der Waals surface area contributed by atoms with Crippen LogP contribution in [0, 0.1) is 0 Å². The number of nitrogens with one attached hydrogen (secondary N) is 3. The molecule has 39 heavy (non-hydrogen) atoms. The Morgan fingerprint density at radius 1 is 1.26 bits per heavy atom. The molecule has 2 atom stereocenters. The van der Waals surface area contributed by atoms with Crippen LogP contribution in [0.3, 0.4) is 0 Å². The number of furan rings is 1. The van der Waals surface area contributed by atoms with Crippen molar-refractivity contribution < 1.29 is 38.1 Å². The fraction of sp³-hybridized carbons (Fsp3) is 0.423. The minimum absolute atomic E-state index is 0.134. The van der Waals surface area contributed by atoms with Crippen LogP contribution in [0.25, 0.3) is 0 Å². The minimum Gasteiger partial charge on any atom is -0.490 e. The van der Waals surface area contributed by atoms with Crippen molar-refractivity contribution in [2.24, 2.45) is 5.10 Å². The lowest BCUT2D eigenvalue weighted by Crippen LogP contribution is -2.45. The number of carbonyl (C=O) groups excluding carboxylic acids is 2. The standard InChI is InChI=1S/C26H33N5O8/c1-4-37-20-13-17(24-23(25(33)35-3)16(2)28-26(34)29-24)5-7-19(20)38-15-21(32)30-27-14-18-6-8-22(39-18)31-9-11-36-12-10-31/h5-8,13-14,21,24,30,32H,4,9-12,15H2,1-3H3,(H2,28,29,34)/b27-14-/t21-,24-/m0/s1. The molecule has 0 radical (unpaired) electrons. The maximum atomic E-state index is 12.4. The van der Waals surface area contributed by atoms with Gasteiger partial charge in [-0.2, -0.15) is 5.10 Å². The van der Waals surface area contributed by atoms with Crippen molar-refractivity contribution in [3.8, 4) is 11.5 Å². The number of morpholine rings is 1. The molecule has 13 nitrogen and oxygen atoms in total. The monoisotopic (exact) mass is 543 g/mol. The number of allylic oxidation sites excluding steroid dienone is 1. The van der Waals surface area contributed by atoms with Crippen LogP contribution in [0.2, 0.25) is 0 Å². The van der Waals surface area contributed by atoms with Crippen molar-refractivity contribution >= 4 is 24.1 Å². The largest absolute Gasteiger partial charge is 0.490 e. The first kappa shape index (κ1) is 27.8. The molecule has 0 saturated carbocycles. The third kappa shape index (κ3) is 7.00. The molecule has 4 N–H and O–H groups in total. The Hall–Kier alpha value is -4.23. The molecule has 0 spiro atoms. The summed E-state index contributed by atoms with van der Waals surface area (Å²) in [6.07, 6.45) is 0.347. The van der Waals surface area contributed by atoms with Gasteiger partial charge in [-0.05, 0) is 37.6 Å². The van der Waals surface area contributed by atoms with Crippen LogP contribution < -0.4 is 30.4 Å². The van der Waals surface area contributed by atoms with Crippen LogP contribution in [0.1, 0.15) is 31.2 Å². The SMILES string of the molecule is CCOc1cc([C@@H]2NC(=O)NC(C)=C2C(=O)OC)ccc1OC[C@H](O)N/N=C\c1ccc(N2CCOCC2)o1. The smallest absolute Gasteiger partial charge is 0.337 e. The van der Waals surface area contributed by atoms with Crippen LogP contribution in [0.15, 0.2) is 51.1 Å². The van der Waals surface area contributed by atoms with Crippen molar-refractivity contribution in [1.29, 1.82) is 0 Å². The topological polar surface area (TPSA) is 156 Å². The lowest BCUT2D eigenvalue weighted by atomic mass is 9.95. The third-order valence-corrected chi connectivity index (χ3v) is 6.02. The molecule has 2 aromatic rings. The first-order valence-electron chi connectivity index (χ1n) is 12.5. The number of aliphatic hydroxyl groups excluding tert-OH is 1. The van der Waals surface area contributed by atoms with Gasteiger partial charge in [-0.25, -0.2) is 9.59 Å². The van der Waals surface area contributed by atoms with Gasteiger partial charge in [0.1, 0.15) is 12.4 Å². The number of amides is 2. The molecule has 2 aliphatic rings. The zero-order chi connectivity index (χ0) is 27.8. The number of ether oxygens (including phenoxy) is 4. The van der Waals surface area contributed by atoms with E-state index in [1.165, 1.54) is 13.3 Å². The normalized spacial score (nSPS) is 18.4. The molecule has 210 valence electrons. The second-order valence-electron chi connectivity index (χ2n) is 8.69. The fourth-order valence-electron chi connectivity index (χ4n) is 4.17. The van der Waals surface area contributed by atoms with E-state index in [1.807, 2.05) is 13.0 Å². The number of hydrazone groups is 1. The van der Waals surface area contributed by atoms with Crippen molar-refractivity contribution in [2.75, 3.05) is 51.5 Å². The number of esters is 1. The Bertz CT molecular complexity index is 1220. The molecule has 0 aliphatic carbocycles. The highest BCUT2D eigenvalue weighted by Gasteiger charge is 2.32. The Balaban J connectivity index is 1.37. The average Bonchev–Trinajstić information content (AvgIpc) is 3.41. The molecule has 4 rings (SSSR count). The molecule has 1 aromatic carbocycles. The third-order valence-electron chi connectivity index (χ3n) is 6.02. The quantitative estimate of drug-likeness (QED) is 0.142. The Morgan fingerprint density at radius 2 is 2.05 bits per heavy atom. The van der Waals surface area contributed by atoms with E-state index in [0.717, 1.165) is 19.0 Å². The summed E-state index contributed by atoms with van der Waals surface area (Å²) in [6, 6.07) is 7.49. The fourth-order valence-corrected chi connectivity index (χ4v) is 4.17. The molecule has 0 unspecified atom stereocenters. The summed E-state index contributed by atoms with van der Waals surface area (Å²) in [5.41, 5.74) is 3.86. The summed E-state index contributed by atoms with van der Waals surface area (Å²) in [7, 11) is 1.28. The maximum Gasteiger partial charge on any atom is 0.337 e. The van der Waals surface area contributed by atoms with E-state index < -0.39 is 24.3 Å². The van der Waals surface area contributed by atoms with Gasteiger partial charge < -0.3 is 44.0 Å². The number of aliphatic hydroxyl groups is 1. The van der Waals surface area contributed by atoms with Crippen LogP contribution in [0.5, 0.6) is 11.5 Å². The van der Waals surface area contributed by atoms with E-state index in [0.29, 0.717) is 48.3 Å². The molecule has 1 aromatic heterocycles. The van der Waals surface area contributed by atoms with Crippen LogP contribution in [-0.2, 0) is 14.3 Å². The van der Waals surface area contributed by atoms with Crippen molar-refractivity contribution in [3.05, 3.63) is 52.9 Å². The molecule has 2 aliphatic heterocycles. The molecule has 1 saturated heterocycles. The second kappa shape index (κ2) is 13.0. The van der Waals surface area contributed by atoms with E-state index in [1.54, 1.807) is 31.2 Å².